The first-order chi connectivity index (χ1) is 11.4. The van der Waals surface area contributed by atoms with Gasteiger partial charge < -0.3 is 19.1 Å². The average molecular weight is 337 g/mol. The zero-order valence-electron chi connectivity index (χ0n) is 14.5. The minimum absolute atomic E-state index is 0.148. The third-order valence-electron chi connectivity index (χ3n) is 2.91. The van der Waals surface area contributed by atoms with Crippen molar-refractivity contribution in [2.45, 2.75) is 20.0 Å². The first kappa shape index (κ1) is 19.3. The van der Waals surface area contributed by atoms with Crippen LogP contribution in [0.25, 0.3) is 0 Å². The van der Waals surface area contributed by atoms with Crippen LogP contribution in [0.15, 0.2) is 23.3 Å². The number of nitrogens with zero attached hydrogens (tertiary/aromatic N) is 2. The SMILES string of the molecule is CCOc1cc(/C=N\NC(=O)OC)ccc1O[C@H](C)C(=O)N(C)C. The van der Waals surface area contributed by atoms with Gasteiger partial charge in [0.2, 0.25) is 0 Å². The van der Waals surface area contributed by atoms with Gasteiger partial charge in [-0.15, -0.1) is 0 Å². The fraction of sp³-hybridized carbons (Fsp3) is 0.438. The molecule has 8 nitrogen and oxygen atoms in total. The van der Waals surface area contributed by atoms with E-state index in [2.05, 4.69) is 15.3 Å². The molecule has 8 heteroatoms. The summed E-state index contributed by atoms with van der Waals surface area (Å²) in [6.45, 7) is 3.96. The largest absolute Gasteiger partial charge is 0.490 e. The summed E-state index contributed by atoms with van der Waals surface area (Å²) in [5.74, 6) is 0.793. The van der Waals surface area contributed by atoms with Crippen LogP contribution >= 0.6 is 0 Å². The van der Waals surface area contributed by atoms with E-state index >= 15 is 0 Å². The zero-order valence-corrected chi connectivity index (χ0v) is 14.5. The van der Waals surface area contributed by atoms with Crippen LogP contribution in [0.3, 0.4) is 0 Å². The van der Waals surface area contributed by atoms with Gasteiger partial charge >= 0.3 is 6.09 Å². The molecule has 0 aromatic heterocycles. The maximum atomic E-state index is 11.9. The molecule has 1 rings (SSSR count). The fourth-order valence-electron chi connectivity index (χ4n) is 1.78. The smallest absolute Gasteiger partial charge is 0.427 e. The maximum absolute atomic E-state index is 11.9. The highest BCUT2D eigenvalue weighted by Gasteiger charge is 2.18. The second-order valence-corrected chi connectivity index (χ2v) is 4.99. The number of hydrazone groups is 1. The predicted octanol–water partition coefficient (Wildman–Crippen LogP) is 1.63. The minimum atomic E-state index is -0.660. The van der Waals surface area contributed by atoms with Crippen LogP contribution in [0.5, 0.6) is 11.5 Å². The van der Waals surface area contributed by atoms with Crippen molar-refractivity contribution in [1.29, 1.82) is 0 Å². The Morgan fingerprint density at radius 1 is 1.33 bits per heavy atom. The Morgan fingerprint density at radius 3 is 2.62 bits per heavy atom. The van der Waals surface area contributed by atoms with E-state index in [1.807, 2.05) is 6.92 Å². The van der Waals surface area contributed by atoms with Crippen molar-refractivity contribution >= 4 is 18.2 Å². The highest BCUT2D eigenvalue weighted by molar-refractivity contribution is 5.82. The molecule has 0 radical (unpaired) electrons. The van der Waals surface area contributed by atoms with E-state index in [1.165, 1.54) is 18.2 Å². The third-order valence-corrected chi connectivity index (χ3v) is 2.91. The van der Waals surface area contributed by atoms with Gasteiger partial charge in [0, 0.05) is 14.1 Å². The first-order valence-electron chi connectivity index (χ1n) is 7.40. The molecular formula is C16H23N3O5. The van der Waals surface area contributed by atoms with Gasteiger partial charge in [-0.25, -0.2) is 10.2 Å². The molecule has 0 aliphatic carbocycles. The maximum Gasteiger partial charge on any atom is 0.427 e. The van der Waals surface area contributed by atoms with E-state index in [1.54, 1.807) is 39.2 Å². The van der Waals surface area contributed by atoms with E-state index in [-0.39, 0.29) is 5.91 Å². The van der Waals surface area contributed by atoms with Crippen molar-refractivity contribution in [2.24, 2.45) is 5.10 Å². The quantitative estimate of drug-likeness (QED) is 0.603. The normalized spacial score (nSPS) is 11.7. The first-order valence-corrected chi connectivity index (χ1v) is 7.40. The van der Waals surface area contributed by atoms with Crippen molar-refractivity contribution in [1.82, 2.24) is 10.3 Å². The lowest BCUT2D eigenvalue weighted by molar-refractivity contribution is -0.135. The number of likely N-dealkylation sites (N-methyl/N-ethyl adjacent to an activating group) is 1. The van der Waals surface area contributed by atoms with Gasteiger partial charge in [-0.1, -0.05) is 0 Å². The number of benzene rings is 1. The number of hydrogen-bond donors (Lipinski definition) is 1. The summed E-state index contributed by atoms with van der Waals surface area (Å²) in [6, 6.07) is 5.12. The molecule has 1 atom stereocenters. The lowest BCUT2D eigenvalue weighted by atomic mass is 10.2. The Balaban J connectivity index is 2.90. The molecule has 0 saturated carbocycles. The van der Waals surface area contributed by atoms with Crippen molar-refractivity contribution < 1.29 is 23.8 Å². The molecule has 0 heterocycles. The molecule has 0 unspecified atom stereocenters. The standard InChI is InChI=1S/C16H23N3O5/c1-6-23-14-9-12(10-17-18-16(21)22-5)7-8-13(14)24-11(2)15(20)19(3)4/h7-11H,6H2,1-5H3,(H,18,21)/b17-10-/t11-/m1/s1. The predicted molar refractivity (Wildman–Crippen MR) is 89.5 cm³/mol. The van der Waals surface area contributed by atoms with E-state index in [0.717, 1.165) is 0 Å². The van der Waals surface area contributed by atoms with Crippen LogP contribution in [0.1, 0.15) is 19.4 Å². The van der Waals surface area contributed by atoms with Crippen LogP contribution in [-0.4, -0.2) is 57.0 Å². The second kappa shape index (κ2) is 9.39. The second-order valence-electron chi connectivity index (χ2n) is 4.99. The number of carbonyl (C=O) groups is 2. The van der Waals surface area contributed by atoms with Crippen LogP contribution in [0.4, 0.5) is 4.79 Å². The van der Waals surface area contributed by atoms with Crippen LogP contribution < -0.4 is 14.9 Å². The van der Waals surface area contributed by atoms with E-state index < -0.39 is 12.2 Å². The average Bonchev–Trinajstić information content (AvgIpc) is 2.56. The lowest BCUT2D eigenvalue weighted by Gasteiger charge is -2.20. The van der Waals surface area contributed by atoms with Crippen molar-refractivity contribution in [3.8, 4) is 11.5 Å². The molecule has 132 valence electrons. The van der Waals surface area contributed by atoms with E-state index in [4.69, 9.17) is 9.47 Å². The van der Waals surface area contributed by atoms with Crippen molar-refractivity contribution in [2.75, 3.05) is 27.8 Å². The topological polar surface area (TPSA) is 89.5 Å². The Labute approximate surface area is 141 Å². The Bertz CT molecular complexity index is 601. The summed E-state index contributed by atoms with van der Waals surface area (Å²) in [4.78, 5) is 24.3. The van der Waals surface area contributed by atoms with Gasteiger partial charge in [0.1, 0.15) is 0 Å². The fourth-order valence-corrected chi connectivity index (χ4v) is 1.78. The molecule has 0 spiro atoms. The highest BCUT2D eigenvalue weighted by Crippen LogP contribution is 2.29. The number of hydrogen-bond acceptors (Lipinski definition) is 6. The molecule has 0 saturated heterocycles. The molecule has 2 amide bonds. The molecule has 0 aliphatic heterocycles. The number of amides is 2. The van der Waals surface area contributed by atoms with E-state index in [0.29, 0.717) is 23.7 Å². The molecule has 1 aromatic carbocycles. The summed E-state index contributed by atoms with van der Waals surface area (Å²) < 4.78 is 15.6. The monoisotopic (exact) mass is 337 g/mol. The minimum Gasteiger partial charge on any atom is -0.490 e. The van der Waals surface area contributed by atoms with Gasteiger partial charge in [0.05, 0.1) is 19.9 Å². The molecule has 0 fully saturated rings. The van der Waals surface area contributed by atoms with Crippen LogP contribution in [0, 0.1) is 0 Å². The number of nitrogens with one attached hydrogen (secondary N) is 1. The van der Waals surface area contributed by atoms with Gasteiger partial charge in [-0.2, -0.15) is 5.10 Å². The van der Waals surface area contributed by atoms with Crippen LogP contribution in [-0.2, 0) is 9.53 Å². The van der Waals surface area contributed by atoms with Crippen molar-refractivity contribution in [3.05, 3.63) is 23.8 Å². The van der Waals surface area contributed by atoms with E-state index in [9.17, 15) is 9.59 Å². The lowest BCUT2D eigenvalue weighted by Crippen LogP contribution is -2.35. The Kier molecular flexibility index (Phi) is 7.54. The van der Waals surface area contributed by atoms with Crippen molar-refractivity contribution in [3.63, 3.8) is 0 Å². The summed E-state index contributed by atoms with van der Waals surface area (Å²) in [7, 11) is 4.58. The highest BCUT2D eigenvalue weighted by atomic mass is 16.5. The molecular weight excluding hydrogens is 314 g/mol. The zero-order chi connectivity index (χ0) is 18.1. The molecule has 24 heavy (non-hydrogen) atoms. The number of rotatable bonds is 7. The third kappa shape index (κ3) is 5.79. The van der Waals surface area contributed by atoms with Gasteiger partial charge in [-0.05, 0) is 37.6 Å². The Morgan fingerprint density at radius 2 is 2.04 bits per heavy atom. The van der Waals surface area contributed by atoms with Gasteiger partial charge in [0.25, 0.3) is 5.91 Å². The molecule has 1 aromatic rings. The summed E-state index contributed by atoms with van der Waals surface area (Å²) >= 11 is 0. The Hall–Kier alpha value is -2.77. The van der Waals surface area contributed by atoms with Crippen LogP contribution in [0.2, 0.25) is 0 Å². The number of carbonyl (C=O) groups excluding carboxylic acids is 2. The number of ether oxygens (including phenoxy) is 3. The molecule has 0 bridgehead atoms. The molecule has 1 N–H and O–H groups in total. The summed E-state index contributed by atoms with van der Waals surface area (Å²) in [5, 5.41) is 3.75. The van der Waals surface area contributed by atoms with Gasteiger partial charge in [0.15, 0.2) is 17.6 Å². The summed E-state index contributed by atoms with van der Waals surface area (Å²) in [6.07, 6.45) is 0.143. The number of methoxy groups -OCH3 is 1. The van der Waals surface area contributed by atoms with Gasteiger partial charge in [-0.3, -0.25) is 4.79 Å². The summed E-state index contributed by atoms with van der Waals surface area (Å²) in [5.41, 5.74) is 2.88. The molecule has 0 aliphatic rings.